The molecular weight excluding hydrogens is 234 g/mol. The van der Waals surface area contributed by atoms with Crippen molar-refractivity contribution in [2.24, 2.45) is 5.92 Å². The summed E-state index contributed by atoms with van der Waals surface area (Å²) in [6.07, 6.45) is 0.949. The second-order valence-electron chi connectivity index (χ2n) is 5.08. The smallest absolute Gasteiger partial charge is 0.207 e. The lowest BCUT2D eigenvalue weighted by Gasteiger charge is -2.21. The molecule has 0 amide bonds. The van der Waals surface area contributed by atoms with Crippen molar-refractivity contribution in [2.75, 3.05) is 6.54 Å². The Labute approximate surface area is 104 Å². The van der Waals surface area contributed by atoms with Gasteiger partial charge in [0, 0.05) is 12.6 Å². The van der Waals surface area contributed by atoms with E-state index in [0.717, 1.165) is 12.0 Å². The molecule has 0 aliphatic carbocycles. The van der Waals surface area contributed by atoms with Crippen LogP contribution in [-0.4, -0.2) is 25.3 Å². The molecule has 94 valence electrons. The summed E-state index contributed by atoms with van der Waals surface area (Å²) in [6.45, 7) is 6.67. The monoisotopic (exact) mass is 253 g/mol. The number of rotatable bonds is 2. The number of sulfonamides is 1. The summed E-state index contributed by atoms with van der Waals surface area (Å²) < 4.78 is 26.5. The minimum atomic E-state index is -3.30. The van der Waals surface area contributed by atoms with Crippen molar-refractivity contribution in [1.82, 2.24) is 4.31 Å². The Balaban J connectivity index is 2.33. The predicted octanol–water partition coefficient (Wildman–Crippen LogP) is 2.41. The fourth-order valence-electron chi connectivity index (χ4n) is 2.44. The average Bonchev–Trinajstić information content (AvgIpc) is 2.59. The van der Waals surface area contributed by atoms with Gasteiger partial charge in [-0.15, -0.1) is 0 Å². The van der Waals surface area contributed by atoms with Gasteiger partial charge in [-0.25, -0.2) is 8.42 Å². The highest BCUT2D eigenvalue weighted by molar-refractivity contribution is 7.89. The Morgan fingerprint density at radius 2 is 1.76 bits per heavy atom. The van der Waals surface area contributed by atoms with Gasteiger partial charge in [0.2, 0.25) is 10.0 Å². The van der Waals surface area contributed by atoms with Crippen LogP contribution in [0.5, 0.6) is 0 Å². The summed E-state index contributed by atoms with van der Waals surface area (Å²) >= 11 is 0. The lowest BCUT2D eigenvalue weighted by Crippen LogP contribution is -2.33. The fraction of sp³-hybridized carbons (Fsp3) is 0.538. The highest BCUT2D eigenvalue weighted by atomic mass is 32.2. The average molecular weight is 253 g/mol. The Morgan fingerprint density at radius 1 is 1.18 bits per heavy atom. The zero-order chi connectivity index (χ0) is 12.6. The molecule has 2 atom stereocenters. The van der Waals surface area contributed by atoms with E-state index >= 15 is 0 Å². The van der Waals surface area contributed by atoms with Crippen molar-refractivity contribution in [3.8, 4) is 0 Å². The quantitative estimate of drug-likeness (QED) is 0.811. The van der Waals surface area contributed by atoms with E-state index in [-0.39, 0.29) is 6.04 Å². The molecule has 1 aliphatic rings. The zero-order valence-electron chi connectivity index (χ0n) is 10.6. The maximum Gasteiger partial charge on any atom is 0.243 e. The third-order valence-corrected chi connectivity index (χ3v) is 5.35. The van der Waals surface area contributed by atoms with Gasteiger partial charge in [-0.1, -0.05) is 24.6 Å². The van der Waals surface area contributed by atoms with Gasteiger partial charge >= 0.3 is 0 Å². The maximum absolute atomic E-state index is 12.4. The first-order valence-corrected chi connectivity index (χ1v) is 7.44. The molecular formula is C13H19NO2S. The first-order valence-electron chi connectivity index (χ1n) is 6.00. The van der Waals surface area contributed by atoms with Crippen LogP contribution in [0.1, 0.15) is 25.8 Å². The zero-order valence-corrected chi connectivity index (χ0v) is 11.4. The van der Waals surface area contributed by atoms with Gasteiger partial charge in [-0.2, -0.15) is 4.31 Å². The van der Waals surface area contributed by atoms with Crippen LogP contribution in [0.15, 0.2) is 29.2 Å². The van der Waals surface area contributed by atoms with E-state index in [1.165, 1.54) is 0 Å². The molecule has 1 fully saturated rings. The van der Waals surface area contributed by atoms with E-state index in [1.54, 1.807) is 16.4 Å². The second kappa shape index (κ2) is 4.42. The fourth-order valence-corrected chi connectivity index (χ4v) is 4.20. The number of aryl methyl sites for hydroxylation is 1. The molecule has 17 heavy (non-hydrogen) atoms. The van der Waals surface area contributed by atoms with Gasteiger partial charge in [0.05, 0.1) is 4.90 Å². The molecule has 0 aromatic heterocycles. The van der Waals surface area contributed by atoms with Gasteiger partial charge in [-0.3, -0.25) is 0 Å². The van der Waals surface area contributed by atoms with Crippen molar-refractivity contribution < 1.29 is 8.42 Å². The minimum absolute atomic E-state index is 0.108. The molecule has 3 nitrogen and oxygen atoms in total. The van der Waals surface area contributed by atoms with E-state index < -0.39 is 10.0 Å². The molecule has 2 rings (SSSR count). The summed E-state index contributed by atoms with van der Waals surface area (Å²) in [5.41, 5.74) is 1.08. The molecule has 0 bridgehead atoms. The molecule has 0 N–H and O–H groups in total. The van der Waals surface area contributed by atoms with Gasteiger partial charge in [0.15, 0.2) is 0 Å². The summed E-state index contributed by atoms with van der Waals surface area (Å²) in [5.74, 6) is 0.449. The molecule has 1 aromatic rings. The highest BCUT2D eigenvalue weighted by Gasteiger charge is 2.35. The van der Waals surface area contributed by atoms with Crippen molar-refractivity contribution in [3.05, 3.63) is 29.8 Å². The van der Waals surface area contributed by atoms with Crippen molar-refractivity contribution in [3.63, 3.8) is 0 Å². The predicted molar refractivity (Wildman–Crippen MR) is 68.3 cm³/mol. The van der Waals surface area contributed by atoms with Crippen LogP contribution in [0, 0.1) is 12.8 Å². The van der Waals surface area contributed by atoms with E-state index in [0.29, 0.717) is 17.4 Å². The molecule has 1 aromatic carbocycles. The Kier molecular flexibility index (Phi) is 3.27. The van der Waals surface area contributed by atoms with Crippen molar-refractivity contribution in [1.29, 1.82) is 0 Å². The van der Waals surface area contributed by atoms with Crippen LogP contribution in [0.4, 0.5) is 0 Å². The van der Waals surface area contributed by atoms with Crippen LogP contribution in [-0.2, 0) is 10.0 Å². The van der Waals surface area contributed by atoms with Gasteiger partial charge < -0.3 is 0 Å². The summed E-state index contributed by atoms with van der Waals surface area (Å²) in [7, 11) is -3.30. The molecule has 2 unspecified atom stereocenters. The van der Waals surface area contributed by atoms with Crippen LogP contribution in [0.25, 0.3) is 0 Å². The lowest BCUT2D eigenvalue weighted by molar-refractivity contribution is 0.405. The molecule has 1 aliphatic heterocycles. The van der Waals surface area contributed by atoms with Crippen LogP contribution >= 0.6 is 0 Å². The highest BCUT2D eigenvalue weighted by Crippen LogP contribution is 2.28. The molecule has 0 saturated carbocycles. The SMILES string of the molecule is Cc1ccc(S(=O)(=O)N2CC(C)CC2C)cc1. The molecule has 0 radical (unpaired) electrons. The Hall–Kier alpha value is -0.870. The number of benzene rings is 1. The second-order valence-corrected chi connectivity index (χ2v) is 6.97. The molecule has 1 heterocycles. The standard InChI is InChI=1S/C13H19NO2S/c1-10-4-6-13(7-5-10)17(15,16)14-9-11(2)8-12(14)3/h4-7,11-12H,8-9H2,1-3H3. The molecule has 0 spiro atoms. The molecule has 1 saturated heterocycles. The van der Waals surface area contributed by atoms with Crippen LogP contribution in [0.2, 0.25) is 0 Å². The number of nitrogens with zero attached hydrogens (tertiary/aromatic N) is 1. The molecule has 4 heteroatoms. The van der Waals surface area contributed by atoms with E-state index in [4.69, 9.17) is 0 Å². The van der Waals surface area contributed by atoms with Crippen LogP contribution < -0.4 is 0 Å². The first kappa shape index (κ1) is 12.6. The Bertz CT molecular complexity index is 493. The maximum atomic E-state index is 12.4. The topological polar surface area (TPSA) is 37.4 Å². The summed E-state index contributed by atoms with van der Waals surface area (Å²) in [5, 5.41) is 0. The van der Waals surface area contributed by atoms with Gasteiger partial charge in [-0.05, 0) is 38.3 Å². The van der Waals surface area contributed by atoms with E-state index in [1.807, 2.05) is 26.0 Å². The summed E-state index contributed by atoms with van der Waals surface area (Å²) in [4.78, 5) is 0.407. The van der Waals surface area contributed by atoms with Crippen molar-refractivity contribution in [2.45, 2.75) is 38.1 Å². The van der Waals surface area contributed by atoms with E-state index in [9.17, 15) is 8.42 Å². The van der Waals surface area contributed by atoms with Gasteiger partial charge in [0.1, 0.15) is 0 Å². The minimum Gasteiger partial charge on any atom is -0.207 e. The largest absolute Gasteiger partial charge is 0.243 e. The Morgan fingerprint density at radius 3 is 2.24 bits per heavy atom. The normalized spacial score (nSPS) is 26.3. The van der Waals surface area contributed by atoms with Crippen LogP contribution in [0.3, 0.4) is 0 Å². The third-order valence-electron chi connectivity index (χ3n) is 3.35. The number of hydrogen-bond donors (Lipinski definition) is 0. The van der Waals surface area contributed by atoms with Crippen molar-refractivity contribution >= 4 is 10.0 Å². The van der Waals surface area contributed by atoms with Gasteiger partial charge in [0.25, 0.3) is 0 Å². The number of hydrogen-bond acceptors (Lipinski definition) is 2. The lowest BCUT2D eigenvalue weighted by atomic mass is 10.1. The van der Waals surface area contributed by atoms with E-state index in [2.05, 4.69) is 6.92 Å². The first-order chi connectivity index (χ1) is 7.91. The third kappa shape index (κ3) is 2.38. The summed E-state index contributed by atoms with van der Waals surface area (Å²) in [6, 6.07) is 7.19.